The van der Waals surface area contributed by atoms with Gasteiger partial charge in [-0.15, -0.1) is 0 Å². The Kier molecular flexibility index (Phi) is 19.8. The number of unbranched alkanes of at least 4 members (excludes halogenated alkanes) is 6. The maximum atomic E-state index is 14.8. The number of alkyl halides is 6. The van der Waals surface area contributed by atoms with Crippen molar-refractivity contribution in [1.29, 1.82) is 0 Å². The first-order valence-corrected chi connectivity index (χ1v) is 23.5. The van der Waals surface area contributed by atoms with Gasteiger partial charge in [0.2, 0.25) is 0 Å². The van der Waals surface area contributed by atoms with E-state index in [1.54, 1.807) is 0 Å². The Balaban J connectivity index is 8.71. The van der Waals surface area contributed by atoms with Crippen LogP contribution in [0.2, 0.25) is 0 Å². The molecule has 0 heterocycles. The summed E-state index contributed by atoms with van der Waals surface area (Å²) in [6.45, 7) is 7.91. The van der Waals surface area contributed by atoms with Gasteiger partial charge in [0, 0.05) is 0 Å². The molecular weight excluding hydrogens is 671 g/mol. The molecule has 0 bridgehead atoms. The fraction of sp³-hybridized carbons (Fsp3) is 1.00. The molecule has 3 unspecified atom stereocenters. The molecule has 0 aliphatic heterocycles. The van der Waals surface area contributed by atoms with Gasteiger partial charge in [0.15, 0.2) is 0 Å². The summed E-state index contributed by atoms with van der Waals surface area (Å²) in [5.74, 6) is -1.28. The van der Waals surface area contributed by atoms with Crippen molar-refractivity contribution in [2.24, 2.45) is 17.8 Å². The molecule has 0 amide bonds. The van der Waals surface area contributed by atoms with E-state index in [0.717, 1.165) is 25.7 Å². The van der Waals surface area contributed by atoms with Crippen molar-refractivity contribution in [2.45, 2.75) is 162 Å². The first kappa shape index (κ1) is 45.9. The van der Waals surface area contributed by atoms with Gasteiger partial charge in [0.25, 0.3) is 0 Å². The number of sulfonamides is 2. The molecule has 0 radical (unpaired) electrons. The molecule has 0 aromatic carbocycles. The third-order valence-electron chi connectivity index (χ3n) is 9.86. The molecular formula is C32H64F6NO4PS2. The van der Waals surface area contributed by atoms with Crippen LogP contribution in [0.15, 0.2) is 0 Å². The average molecular weight is 736 g/mol. The molecule has 280 valence electrons. The summed E-state index contributed by atoms with van der Waals surface area (Å²) in [6, 6.07) is 0. The van der Waals surface area contributed by atoms with Gasteiger partial charge in [-0.1, -0.05) is 0 Å². The monoisotopic (exact) mass is 735 g/mol. The normalized spacial score (nSPS) is 16.7. The van der Waals surface area contributed by atoms with Crippen LogP contribution in [0.5, 0.6) is 0 Å². The topological polar surface area (TPSA) is 71.5 Å². The number of hydrogen-bond acceptors (Lipinski definition) is 4. The summed E-state index contributed by atoms with van der Waals surface area (Å²) in [5.41, 5.74) is -12.5. The van der Waals surface area contributed by atoms with E-state index >= 15 is 0 Å². The van der Waals surface area contributed by atoms with Crippen molar-refractivity contribution in [3.05, 3.63) is 0 Å². The van der Waals surface area contributed by atoms with Crippen LogP contribution in [0.3, 0.4) is 0 Å². The summed E-state index contributed by atoms with van der Waals surface area (Å²) in [4.78, 5) is 0. The summed E-state index contributed by atoms with van der Waals surface area (Å²) in [6.07, 6.45) is 7.79. The summed E-state index contributed by atoms with van der Waals surface area (Å²) in [5, 5.41) is 0. The molecule has 46 heavy (non-hydrogen) atoms. The Hall–Kier alpha value is -0.130. The van der Waals surface area contributed by atoms with E-state index in [1.165, 1.54) is 0 Å². The number of nitrogens with zero attached hydrogens (tertiary/aromatic N) is 1. The van der Waals surface area contributed by atoms with Crippen molar-refractivity contribution in [1.82, 2.24) is 3.48 Å². The SMILES string of the molecule is CCCCCCP(CC(CC)CCCC)(CC(CC)CCCC)(CC(CC)CCCC)N(S(=O)(=O)C(F)(F)F)S(=O)(=O)C(F)(F)F. The van der Waals surface area contributed by atoms with E-state index in [9.17, 15) is 43.2 Å². The minimum atomic E-state index is -6.98. The zero-order chi connectivity index (χ0) is 35.9. The van der Waals surface area contributed by atoms with Crippen LogP contribution in [-0.4, -0.2) is 56.0 Å². The molecule has 0 saturated carbocycles. The average Bonchev–Trinajstić information content (AvgIpc) is 2.96. The molecule has 0 spiro atoms. The number of hydrogen-bond donors (Lipinski definition) is 0. The summed E-state index contributed by atoms with van der Waals surface area (Å²) < 4.78 is 143. The van der Waals surface area contributed by atoms with E-state index < -0.39 is 59.1 Å². The molecule has 5 nitrogen and oxygen atoms in total. The van der Waals surface area contributed by atoms with Crippen LogP contribution in [-0.2, 0) is 20.0 Å². The van der Waals surface area contributed by atoms with Crippen molar-refractivity contribution in [3.8, 4) is 0 Å². The first-order chi connectivity index (χ1) is 21.2. The quantitative estimate of drug-likeness (QED) is 0.0504. The Bertz CT molecular complexity index is 975. The van der Waals surface area contributed by atoms with Gasteiger partial charge in [-0.2, -0.15) is 0 Å². The Morgan fingerprint density at radius 1 is 0.500 bits per heavy atom. The van der Waals surface area contributed by atoms with Gasteiger partial charge in [0.1, 0.15) is 0 Å². The minimum absolute atomic E-state index is 0.168. The molecule has 14 heteroatoms. The van der Waals surface area contributed by atoms with E-state index in [4.69, 9.17) is 0 Å². The molecule has 0 fully saturated rings. The standard InChI is InChI=1S/C32H64F6NO4PS2/c1-8-15-19-20-24-44(25-28(12-5)21-16-9-2,26-29(13-6)22-17-10-3,27-30(14-7)23-18-11-4)39(45(40,41)31(33,34)35)46(42,43)32(36,37)38/h28-30H,8-27H2,1-7H3. The maximum absolute atomic E-state index is 14.8. The molecule has 0 rings (SSSR count). The van der Waals surface area contributed by atoms with Gasteiger partial charge in [0.05, 0.1) is 0 Å². The molecule has 0 aromatic heterocycles. The Labute approximate surface area is 277 Å². The first-order valence-electron chi connectivity index (χ1n) is 17.7. The Morgan fingerprint density at radius 2 is 0.804 bits per heavy atom. The predicted octanol–water partition coefficient (Wildman–Crippen LogP) is 11.7. The van der Waals surface area contributed by atoms with Gasteiger partial charge >= 0.3 is 278 Å². The third kappa shape index (κ3) is 12.0. The van der Waals surface area contributed by atoms with Crippen molar-refractivity contribution in [2.75, 3.05) is 24.6 Å². The van der Waals surface area contributed by atoms with Gasteiger partial charge in [-0.05, 0) is 0 Å². The van der Waals surface area contributed by atoms with Crippen LogP contribution in [0, 0.1) is 17.8 Å². The van der Waals surface area contributed by atoms with Crippen molar-refractivity contribution >= 4 is 26.8 Å². The molecule has 3 atom stereocenters. The van der Waals surface area contributed by atoms with Crippen LogP contribution in [0.25, 0.3) is 0 Å². The van der Waals surface area contributed by atoms with Crippen molar-refractivity contribution in [3.63, 3.8) is 0 Å². The van der Waals surface area contributed by atoms with E-state index in [1.807, 2.05) is 48.5 Å². The van der Waals surface area contributed by atoms with E-state index in [-0.39, 0.29) is 31.1 Å². The molecule has 0 aliphatic carbocycles. The second-order valence-electron chi connectivity index (χ2n) is 13.6. The number of rotatable bonds is 26. The fourth-order valence-electron chi connectivity index (χ4n) is 7.38. The second-order valence-corrected chi connectivity index (χ2v) is 23.7. The van der Waals surface area contributed by atoms with Crippen molar-refractivity contribution < 1.29 is 43.2 Å². The molecule has 0 aliphatic rings. The van der Waals surface area contributed by atoms with Crippen LogP contribution in [0.1, 0.15) is 151 Å². The summed E-state index contributed by atoms with van der Waals surface area (Å²) in [7, 11) is -14.0. The molecule has 0 aromatic rings. The van der Waals surface area contributed by atoms with E-state index in [2.05, 4.69) is 0 Å². The van der Waals surface area contributed by atoms with Crippen LogP contribution >= 0.6 is 6.75 Å². The predicted molar refractivity (Wildman–Crippen MR) is 182 cm³/mol. The fourth-order valence-corrected chi connectivity index (χ4v) is 24.3. The Morgan fingerprint density at radius 3 is 1.04 bits per heavy atom. The second kappa shape index (κ2) is 19.9. The van der Waals surface area contributed by atoms with Gasteiger partial charge < -0.3 is 0 Å². The van der Waals surface area contributed by atoms with E-state index in [0.29, 0.717) is 70.6 Å². The molecule has 0 N–H and O–H groups in total. The van der Waals surface area contributed by atoms with Crippen LogP contribution < -0.4 is 0 Å². The summed E-state index contributed by atoms with van der Waals surface area (Å²) >= 11 is 0. The van der Waals surface area contributed by atoms with Crippen LogP contribution in [0.4, 0.5) is 26.3 Å². The van der Waals surface area contributed by atoms with Gasteiger partial charge in [-0.3, -0.25) is 0 Å². The zero-order valence-electron chi connectivity index (χ0n) is 29.5. The number of halogens is 6. The zero-order valence-corrected chi connectivity index (χ0v) is 32.0. The third-order valence-corrected chi connectivity index (χ3v) is 23.8. The van der Waals surface area contributed by atoms with Gasteiger partial charge in [-0.25, -0.2) is 0 Å². The molecule has 0 saturated heterocycles.